The van der Waals surface area contributed by atoms with Gasteiger partial charge in [0.2, 0.25) is 0 Å². The first-order valence-corrected chi connectivity index (χ1v) is 6.54. The van der Waals surface area contributed by atoms with Crippen molar-refractivity contribution in [2.24, 2.45) is 0 Å². The Bertz CT molecular complexity index is 544. The predicted molar refractivity (Wildman–Crippen MR) is 82.2 cm³/mol. The molecule has 0 saturated carbocycles. The minimum Gasteiger partial charge on any atom is -0.490 e. The Balaban J connectivity index is 1.84. The second-order valence-corrected chi connectivity index (χ2v) is 4.75. The maximum atomic E-state index is 5.70. The van der Waals surface area contributed by atoms with Crippen molar-refractivity contribution in [1.29, 1.82) is 0 Å². The van der Waals surface area contributed by atoms with Crippen LogP contribution in [0.2, 0.25) is 0 Å². The van der Waals surface area contributed by atoms with E-state index in [1.54, 1.807) is 0 Å². The van der Waals surface area contributed by atoms with Crippen molar-refractivity contribution in [3.63, 3.8) is 0 Å². The lowest BCUT2D eigenvalue weighted by Gasteiger charge is -2.12. The van der Waals surface area contributed by atoms with Crippen LogP contribution in [0.25, 0.3) is 0 Å². The van der Waals surface area contributed by atoms with E-state index >= 15 is 0 Å². The van der Waals surface area contributed by atoms with Gasteiger partial charge in [0.1, 0.15) is 24.7 Å². The van der Waals surface area contributed by atoms with E-state index in [1.807, 2.05) is 50.2 Å². The maximum Gasteiger partial charge on any atom is 0.122 e. The molecule has 0 bridgehead atoms. The number of aryl methyl sites for hydroxylation is 2. The fraction of sp³-hybridized carbons (Fsp3) is 0.250. The number of nitrogens with two attached hydrogens (primary N) is 2. The van der Waals surface area contributed by atoms with E-state index in [4.69, 9.17) is 20.9 Å². The van der Waals surface area contributed by atoms with Gasteiger partial charge in [-0.2, -0.15) is 0 Å². The summed E-state index contributed by atoms with van der Waals surface area (Å²) >= 11 is 0. The van der Waals surface area contributed by atoms with Crippen LogP contribution in [0.1, 0.15) is 11.1 Å². The highest BCUT2D eigenvalue weighted by Gasteiger charge is 2.02. The number of nitrogen functional groups attached to an aromatic ring is 2. The first-order valence-electron chi connectivity index (χ1n) is 6.54. The molecule has 2 aromatic rings. The van der Waals surface area contributed by atoms with Crippen molar-refractivity contribution < 1.29 is 9.47 Å². The van der Waals surface area contributed by atoms with Gasteiger partial charge >= 0.3 is 0 Å². The maximum absolute atomic E-state index is 5.70. The molecule has 0 aliphatic rings. The van der Waals surface area contributed by atoms with Crippen LogP contribution in [0.5, 0.6) is 11.5 Å². The zero-order valence-electron chi connectivity index (χ0n) is 11.8. The molecular weight excluding hydrogens is 252 g/mol. The van der Waals surface area contributed by atoms with Gasteiger partial charge in [-0.25, -0.2) is 0 Å². The Morgan fingerprint density at radius 3 is 1.50 bits per heavy atom. The lowest BCUT2D eigenvalue weighted by atomic mass is 10.2. The SMILES string of the molecule is Cc1cc(N)ccc1OCCOc1ccc(N)cc1C. The monoisotopic (exact) mass is 272 g/mol. The van der Waals surface area contributed by atoms with Crippen molar-refractivity contribution in [2.45, 2.75) is 13.8 Å². The number of anilines is 2. The van der Waals surface area contributed by atoms with E-state index in [2.05, 4.69) is 0 Å². The Labute approximate surface area is 119 Å². The van der Waals surface area contributed by atoms with Crippen molar-refractivity contribution in [3.8, 4) is 11.5 Å². The van der Waals surface area contributed by atoms with Gasteiger partial charge in [-0.1, -0.05) is 0 Å². The first kappa shape index (κ1) is 14.1. The van der Waals surface area contributed by atoms with Gasteiger partial charge < -0.3 is 20.9 Å². The summed E-state index contributed by atoms with van der Waals surface area (Å²) in [5.41, 5.74) is 14.9. The van der Waals surface area contributed by atoms with Gasteiger partial charge in [-0.15, -0.1) is 0 Å². The minimum absolute atomic E-state index is 0.481. The van der Waals surface area contributed by atoms with E-state index in [0.717, 1.165) is 34.0 Å². The summed E-state index contributed by atoms with van der Waals surface area (Å²) < 4.78 is 11.3. The lowest BCUT2D eigenvalue weighted by Crippen LogP contribution is -2.10. The molecule has 0 aromatic heterocycles. The highest BCUT2D eigenvalue weighted by molar-refractivity contribution is 5.48. The molecular formula is C16H20N2O2. The van der Waals surface area contributed by atoms with Crippen LogP contribution < -0.4 is 20.9 Å². The highest BCUT2D eigenvalue weighted by atomic mass is 16.5. The number of hydrogen-bond acceptors (Lipinski definition) is 4. The Morgan fingerprint density at radius 1 is 0.750 bits per heavy atom. The number of ether oxygens (including phenoxy) is 2. The molecule has 4 heteroatoms. The van der Waals surface area contributed by atoms with Crippen molar-refractivity contribution in [2.75, 3.05) is 24.7 Å². The van der Waals surface area contributed by atoms with Crippen LogP contribution in [0, 0.1) is 13.8 Å². The summed E-state index contributed by atoms with van der Waals surface area (Å²) in [6.45, 7) is 4.90. The van der Waals surface area contributed by atoms with Crippen LogP contribution in [-0.4, -0.2) is 13.2 Å². The average molecular weight is 272 g/mol. The van der Waals surface area contributed by atoms with E-state index in [-0.39, 0.29) is 0 Å². The third-order valence-electron chi connectivity index (χ3n) is 3.00. The molecule has 0 unspecified atom stereocenters. The van der Waals surface area contributed by atoms with Crippen LogP contribution in [0.4, 0.5) is 11.4 Å². The zero-order chi connectivity index (χ0) is 14.5. The zero-order valence-corrected chi connectivity index (χ0v) is 11.8. The highest BCUT2D eigenvalue weighted by Crippen LogP contribution is 2.21. The molecule has 0 fully saturated rings. The van der Waals surface area contributed by atoms with E-state index < -0.39 is 0 Å². The molecule has 0 spiro atoms. The van der Waals surface area contributed by atoms with E-state index in [1.165, 1.54) is 0 Å². The molecule has 4 N–H and O–H groups in total. The Hall–Kier alpha value is -2.36. The average Bonchev–Trinajstić information content (AvgIpc) is 2.39. The van der Waals surface area contributed by atoms with Gasteiger partial charge in [0.15, 0.2) is 0 Å². The third-order valence-corrected chi connectivity index (χ3v) is 3.00. The molecule has 2 aromatic carbocycles. The van der Waals surface area contributed by atoms with Crippen LogP contribution in [0.15, 0.2) is 36.4 Å². The number of rotatable bonds is 5. The molecule has 20 heavy (non-hydrogen) atoms. The summed E-state index contributed by atoms with van der Waals surface area (Å²) in [4.78, 5) is 0. The van der Waals surface area contributed by atoms with Crippen LogP contribution in [0.3, 0.4) is 0 Å². The Morgan fingerprint density at radius 2 is 1.15 bits per heavy atom. The second-order valence-electron chi connectivity index (χ2n) is 4.75. The largest absolute Gasteiger partial charge is 0.490 e. The smallest absolute Gasteiger partial charge is 0.122 e. The molecule has 4 nitrogen and oxygen atoms in total. The summed E-state index contributed by atoms with van der Waals surface area (Å²) in [6, 6.07) is 11.2. The third kappa shape index (κ3) is 3.57. The van der Waals surface area contributed by atoms with Gasteiger partial charge in [0.25, 0.3) is 0 Å². The van der Waals surface area contributed by atoms with Crippen LogP contribution >= 0.6 is 0 Å². The van der Waals surface area contributed by atoms with Gasteiger partial charge in [0, 0.05) is 11.4 Å². The van der Waals surface area contributed by atoms with Crippen molar-refractivity contribution >= 4 is 11.4 Å². The molecule has 0 saturated heterocycles. The van der Waals surface area contributed by atoms with Gasteiger partial charge in [0.05, 0.1) is 0 Å². The van der Waals surface area contributed by atoms with Crippen LogP contribution in [-0.2, 0) is 0 Å². The quantitative estimate of drug-likeness (QED) is 0.648. The minimum atomic E-state index is 0.481. The summed E-state index contributed by atoms with van der Waals surface area (Å²) in [5.74, 6) is 1.66. The fourth-order valence-corrected chi connectivity index (χ4v) is 1.97. The topological polar surface area (TPSA) is 70.5 Å². The normalized spacial score (nSPS) is 10.3. The number of hydrogen-bond donors (Lipinski definition) is 2. The Kier molecular flexibility index (Phi) is 4.35. The first-order chi connectivity index (χ1) is 9.56. The van der Waals surface area contributed by atoms with Gasteiger partial charge in [-0.05, 0) is 61.4 Å². The molecule has 0 aliphatic heterocycles. The molecule has 0 radical (unpaired) electrons. The molecule has 0 amide bonds. The molecule has 0 aliphatic carbocycles. The summed E-state index contributed by atoms with van der Waals surface area (Å²) in [6.07, 6.45) is 0. The van der Waals surface area contributed by atoms with Crippen molar-refractivity contribution in [1.82, 2.24) is 0 Å². The van der Waals surface area contributed by atoms with Gasteiger partial charge in [-0.3, -0.25) is 0 Å². The molecule has 0 atom stereocenters. The predicted octanol–water partition coefficient (Wildman–Crippen LogP) is 2.93. The summed E-state index contributed by atoms with van der Waals surface area (Å²) in [7, 11) is 0. The molecule has 2 rings (SSSR count). The van der Waals surface area contributed by atoms with E-state index in [0.29, 0.717) is 13.2 Å². The second kappa shape index (κ2) is 6.19. The lowest BCUT2D eigenvalue weighted by molar-refractivity contribution is 0.215. The molecule has 106 valence electrons. The number of benzene rings is 2. The fourth-order valence-electron chi connectivity index (χ4n) is 1.97. The standard InChI is InChI=1S/C16H20N2O2/c1-11-9-13(17)3-5-15(11)19-7-8-20-16-6-4-14(18)10-12(16)2/h3-6,9-10H,7-8,17-18H2,1-2H3. The molecule has 0 heterocycles. The van der Waals surface area contributed by atoms with Crippen molar-refractivity contribution in [3.05, 3.63) is 47.5 Å². The summed E-state index contributed by atoms with van der Waals surface area (Å²) in [5, 5.41) is 0. The van der Waals surface area contributed by atoms with E-state index in [9.17, 15) is 0 Å².